The zero-order chi connectivity index (χ0) is 49.1. The van der Waals surface area contributed by atoms with Crippen LogP contribution >= 0.6 is 23.2 Å². The largest absolute Gasteiger partial charge is 0.488 e. The number of rotatable bonds is 24. The van der Waals surface area contributed by atoms with Crippen LogP contribution in [-0.4, -0.2) is 58.5 Å². The molecule has 0 spiro atoms. The number of carbonyl (C=O) groups is 2. The van der Waals surface area contributed by atoms with E-state index in [9.17, 15) is 14.9 Å². The van der Waals surface area contributed by atoms with Crippen LogP contribution < -0.4 is 29.6 Å². The van der Waals surface area contributed by atoms with Crippen molar-refractivity contribution in [3.05, 3.63) is 188 Å². The number of aromatic nitrogens is 2. The number of hydrogen-bond acceptors (Lipinski definition) is 12. The molecule has 6 aromatic rings. The van der Waals surface area contributed by atoms with Crippen molar-refractivity contribution in [1.82, 2.24) is 20.6 Å². The van der Waals surface area contributed by atoms with Crippen molar-refractivity contribution < 1.29 is 38.7 Å². The van der Waals surface area contributed by atoms with Gasteiger partial charge in [-0.3, -0.25) is 15.0 Å². The second-order valence-corrected chi connectivity index (χ2v) is 16.4. The minimum absolute atomic E-state index is 0.132. The van der Waals surface area contributed by atoms with Gasteiger partial charge in [-0.25, -0.2) is 9.59 Å². The maximum absolute atomic E-state index is 10.9. The van der Waals surface area contributed by atoms with Gasteiger partial charge < -0.3 is 39.8 Å². The van der Waals surface area contributed by atoms with Crippen LogP contribution in [0.3, 0.4) is 0 Å². The van der Waals surface area contributed by atoms with Crippen molar-refractivity contribution in [3.8, 4) is 40.2 Å². The van der Waals surface area contributed by atoms with Crippen molar-refractivity contribution in [3.63, 3.8) is 0 Å². The van der Waals surface area contributed by atoms with Crippen molar-refractivity contribution in [1.29, 1.82) is 5.26 Å². The molecule has 14 nitrogen and oxygen atoms in total. The van der Waals surface area contributed by atoms with E-state index in [0.717, 1.165) is 67.8 Å². The van der Waals surface area contributed by atoms with Gasteiger partial charge in [-0.2, -0.15) is 5.26 Å². The van der Waals surface area contributed by atoms with Gasteiger partial charge in [-0.1, -0.05) is 71.8 Å². The fourth-order valence-electron chi connectivity index (χ4n) is 7.15. The summed E-state index contributed by atoms with van der Waals surface area (Å²) >= 11 is 13.6. The van der Waals surface area contributed by atoms with E-state index in [1.807, 2.05) is 37.3 Å². The second-order valence-electron chi connectivity index (χ2n) is 15.6. The average Bonchev–Trinajstić information content (AvgIpc) is 3.33. The van der Waals surface area contributed by atoms with Crippen LogP contribution in [0.2, 0.25) is 10.0 Å². The van der Waals surface area contributed by atoms with E-state index >= 15 is 0 Å². The molecule has 0 saturated heterocycles. The number of halogens is 2. The quantitative estimate of drug-likeness (QED) is 0.0254. The van der Waals surface area contributed by atoms with Gasteiger partial charge in [0.25, 0.3) is 0 Å². The number of carboxylic acids is 2. The molecule has 0 saturated carbocycles. The summed E-state index contributed by atoms with van der Waals surface area (Å²) in [6.45, 7) is 6.19. The lowest BCUT2D eigenvalue weighted by Crippen LogP contribution is -2.14. The lowest BCUT2D eigenvalue weighted by atomic mass is 9.92. The summed E-state index contributed by atoms with van der Waals surface area (Å²) in [5, 5.41) is 34.4. The molecule has 0 fully saturated rings. The second kappa shape index (κ2) is 25.6. The van der Waals surface area contributed by atoms with Gasteiger partial charge in [-0.15, -0.1) is 0 Å². The van der Waals surface area contributed by atoms with Crippen molar-refractivity contribution in [2.45, 2.75) is 53.4 Å². The Bertz CT molecular complexity index is 2920. The van der Waals surface area contributed by atoms with E-state index in [1.165, 1.54) is 18.3 Å². The molecule has 0 unspecified atom stereocenters. The summed E-state index contributed by atoms with van der Waals surface area (Å²) in [6, 6.07) is 24.9. The van der Waals surface area contributed by atoms with Gasteiger partial charge in [0.1, 0.15) is 55.5 Å². The van der Waals surface area contributed by atoms with E-state index in [2.05, 4.69) is 50.7 Å². The monoisotopic (exact) mass is 968 g/mol. The Labute approximate surface area is 410 Å². The number of carboxylic acid groups (broad SMARTS) is 2. The summed E-state index contributed by atoms with van der Waals surface area (Å²) in [4.78, 5) is 34.4. The van der Waals surface area contributed by atoms with Crippen LogP contribution in [0.4, 0.5) is 0 Å². The Morgan fingerprint density at radius 3 is 1.61 bits per heavy atom. The standard InChI is InChI=1S/C53H50Cl2N6O8/c1-34-40(32-68-50-20-48(66-30-38-16-36(22-56)24-60-26-38)42(18-46(50)54)28-58-14-6-12-52(62)63)8-4-10-44(34)45-11-5-9-41(35(45)2)33-69-51-21-49(67-31-39-17-37(23-57-3)25-61-27-39)43(19-47(51)55)29-59-15-7-13-53(64)65/h4-13,16-21,23-27,58-59H,14-15,28-33H2,1-3H3,(H,62,63)(H,64,65)/b12-6-,13-7-,57-23?. The van der Waals surface area contributed by atoms with E-state index in [0.29, 0.717) is 70.3 Å². The molecule has 0 bridgehead atoms. The third-order valence-corrected chi connectivity index (χ3v) is 11.3. The van der Waals surface area contributed by atoms with Gasteiger partial charge in [0.05, 0.1) is 15.6 Å². The first-order valence-electron chi connectivity index (χ1n) is 21.7. The minimum atomic E-state index is -1.04. The van der Waals surface area contributed by atoms with E-state index < -0.39 is 11.9 Å². The van der Waals surface area contributed by atoms with Gasteiger partial charge in [-0.05, 0) is 71.5 Å². The number of hydrogen-bond donors (Lipinski definition) is 4. The summed E-state index contributed by atoms with van der Waals surface area (Å²) < 4.78 is 25.3. The Kier molecular flexibility index (Phi) is 18.8. The fourth-order valence-corrected chi connectivity index (χ4v) is 7.63. The highest BCUT2D eigenvalue weighted by molar-refractivity contribution is 6.32. The van der Waals surface area contributed by atoms with Gasteiger partial charge >= 0.3 is 11.9 Å². The third kappa shape index (κ3) is 15.0. The lowest BCUT2D eigenvalue weighted by Gasteiger charge is -2.19. The molecule has 4 N–H and O–H groups in total. The van der Waals surface area contributed by atoms with E-state index in [-0.39, 0.29) is 26.4 Å². The molecule has 354 valence electrons. The molecule has 0 radical (unpaired) electrons. The Morgan fingerprint density at radius 2 is 1.13 bits per heavy atom. The number of nitriles is 1. The first-order valence-corrected chi connectivity index (χ1v) is 22.4. The smallest absolute Gasteiger partial charge is 0.328 e. The van der Waals surface area contributed by atoms with Crippen LogP contribution in [0.5, 0.6) is 23.0 Å². The van der Waals surface area contributed by atoms with Crippen LogP contribution in [0.1, 0.15) is 55.6 Å². The van der Waals surface area contributed by atoms with Crippen molar-refractivity contribution >= 4 is 41.4 Å². The maximum atomic E-state index is 10.9. The molecular formula is C53H50Cl2N6O8. The summed E-state index contributed by atoms with van der Waals surface area (Å²) in [5.41, 5.74) is 10.2. The zero-order valence-electron chi connectivity index (χ0n) is 38.2. The molecule has 0 amide bonds. The van der Waals surface area contributed by atoms with Gasteiger partial charge in [0, 0.05) is 116 Å². The SMILES string of the molecule is CN=Cc1cncc(COc2cc(OCc3cccc(-c4cccc(COc5cc(OCc6cncc(C#N)c6)c(CNC/C=C\C(=O)O)cc5Cl)c4C)c3C)c(Cl)cc2CNC/C=C\C(=O)O)c1. The number of nitrogens with zero attached hydrogens (tertiary/aromatic N) is 4. The molecule has 0 aliphatic rings. The number of pyridine rings is 2. The minimum Gasteiger partial charge on any atom is -0.488 e. The third-order valence-electron chi connectivity index (χ3n) is 10.7. The predicted molar refractivity (Wildman–Crippen MR) is 265 cm³/mol. The Balaban J connectivity index is 1.18. The molecule has 6 rings (SSSR count). The highest BCUT2D eigenvalue weighted by atomic mass is 35.5. The van der Waals surface area contributed by atoms with Crippen molar-refractivity contribution in [2.75, 3.05) is 20.1 Å². The highest BCUT2D eigenvalue weighted by Crippen LogP contribution is 2.37. The van der Waals surface area contributed by atoms with Crippen LogP contribution in [0.25, 0.3) is 11.1 Å². The molecule has 0 atom stereocenters. The molecule has 4 aromatic carbocycles. The van der Waals surface area contributed by atoms with Crippen LogP contribution in [0.15, 0.2) is 127 Å². The topological polar surface area (TPSA) is 198 Å². The van der Waals surface area contributed by atoms with Crippen molar-refractivity contribution in [2.24, 2.45) is 4.99 Å². The molecule has 69 heavy (non-hydrogen) atoms. The number of nitrogens with one attached hydrogen (secondary N) is 2. The number of aliphatic carboxylic acids is 2. The summed E-state index contributed by atoms with van der Waals surface area (Å²) in [7, 11) is 1.70. The Hall–Kier alpha value is -7.54. The number of ether oxygens (including phenoxy) is 4. The molecule has 2 heterocycles. The first kappa shape index (κ1) is 50.9. The number of benzene rings is 4. The predicted octanol–water partition coefficient (Wildman–Crippen LogP) is 9.76. The number of aliphatic imine (C=N–C) groups is 1. The normalized spacial score (nSPS) is 11.3. The average molecular weight is 970 g/mol. The summed E-state index contributed by atoms with van der Waals surface area (Å²) in [5.74, 6) is -0.187. The van der Waals surface area contributed by atoms with Crippen LogP contribution in [0, 0.1) is 25.2 Å². The molecule has 0 aliphatic heterocycles. The molecule has 0 aliphatic carbocycles. The summed E-state index contributed by atoms with van der Waals surface area (Å²) in [6.07, 6.45) is 13.4. The van der Waals surface area contributed by atoms with E-state index in [4.69, 9.17) is 52.4 Å². The molecular weight excluding hydrogens is 920 g/mol. The van der Waals surface area contributed by atoms with Crippen LogP contribution in [-0.2, 0) is 49.1 Å². The fraction of sp³-hybridized carbons (Fsp3) is 0.208. The van der Waals surface area contributed by atoms with Gasteiger partial charge in [0.15, 0.2) is 0 Å². The molecule has 2 aromatic heterocycles. The zero-order valence-corrected chi connectivity index (χ0v) is 39.7. The highest BCUT2D eigenvalue weighted by Gasteiger charge is 2.17. The Morgan fingerprint density at radius 1 is 0.652 bits per heavy atom. The first-order chi connectivity index (χ1) is 33.4. The maximum Gasteiger partial charge on any atom is 0.328 e. The van der Waals surface area contributed by atoms with E-state index in [1.54, 1.807) is 62.2 Å². The van der Waals surface area contributed by atoms with Gasteiger partial charge in [0.2, 0.25) is 0 Å². The molecule has 16 heteroatoms. The lowest BCUT2D eigenvalue weighted by molar-refractivity contribution is -0.132.